The van der Waals surface area contributed by atoms with E-state index in [2.05, 4.69) is 30.0 Å². The number of hydrogen-bond acceptors (Lipinski definition) is 6. The van der Waals surface area contributed by atoms with Gasteiger partial charge in [-0.05, 0) is 73.4 Å². The first kappa shape index (κ1) is 21.8. The molecule has 1 unspecified atom stereocenters. The lowest BCUT2D eigenvalue weighted by Gasteiger charge is -2.43. The van der Waals surface area contributed by atoms with Crippen molar-refractivity contribution in [2.45, 2.75) is 77.0 Å². The van der Waals surface area contributed by atoms with Gasteiger partial charge in [0.25, 0.3) is 0 Å². The number of aliphatic hydroxyl groups is 1. The van der Waals surface area contributed by atoms with Crippen LogP contribution in [0.3, 0.4) is 0 Å². The van der Waals surface area contributed by atoms with Gasteiger partial charge >= 0.3 is 5.97 Å². The zero-order valence-electron chi connectivity index (χ0n) is 19.6. The van der Waals surface area contributed by atoms with Crippen LogP contribution in [0.25, 0.3) is 5.57 Å². The Morgan fingerprint density at radius 1 is 1.31 bits per heavy atom. The molecular weight excluding hydrogens is 406 g/mol. The van der Waals surface area contributed by atoms with Gasteiger partial charge in [0, 0.05) is 12.5 Å². The van der Waals surface area contributed by atoms with Crippen molar-refractivity contribution in [3.8, 4) is 11.5 Å². The molecule has 0 radical (unpaired) electrons. The van der Waals surface area contributed by atoms with Gasteiger partial charge in [-0.2, -0.15) is 0 Å². The van der Waals surface area contributed by atoms with Gasteiger partial charge in [0.2, 0.25) is 6.79 Å². The minimum Gasteiger partial charge on any atom is -0.457 e. The molecule has 4 atom stereocenters. The smallest absolute Gasteiger partial charge is 0.338 e. The molecule has 1 spiro atoms. The lowest BCUT2D eigenvalue weighted by molar-refractivity contribution is -0.180. The Labute approximate surface area is 190 Å². The fourth-order valence-electron chi connectivity index (χ4n) is 6.42. The van der Waals surface area contributed by atoms with Crippen molar-refractivity contribution in [3.05, 3.63) is 29.3 Å². The van der Waals surface area contributed by atoms with E-state index in [1.807, 2.05) is 20.8 Å². The van der Waals surface area contributed by atoms with Gasteiger partial charge in [0.1, 0.15) is 6.10 Å². The molecule has 1 saturated heterocycles. The molecule has 0 aromatic heterocycles. The number of hydrogen-bond donors (Lipinski definition) is 1. The largest absolute Gasteiger partial charge is 0.457 e. The van der Waals surface area contributed by atoms with Gasteiger partial charge < -0.3 is 19.3 Å². The van der Waals surface area contributed by atoms with Crippen molar-refractivity contribution in [2.75, 3.05) is 19.9 Å². The molecule has 1 N–H and O–H groups in total. The summed E-state index contributed by atoms with van der Waals surface area (Å²) in [6.45, 7) is 10.2. The molecule has 6 nitrogen and oxygen atoms in total. The van der Waals surface area contributed by atoms with Crippen molar-refractivity contribution in [1.29, 1.82) is 0 Å². The van der Waals surface area contributed by atoms with Crippen LogP contribution in [0.1, 0.15) is 64.5 Å². The van der Waals surface area contributed by atoms with Gasteiger partial charge in [-0.15, -0.1) is 0 Å². The fraction of sp³-hybridized carbons (Fsp3) is 0.654. The van der Waals surface area contributed by atoms with E-state index in [4.69, 9.17) is 14.2 Å². The number of fused-ring (bicyclic) bond motifs is 3. The third kappa shape index (κ3) is 3.18. The van der Waals surface area contributed by atoms with Crippen LogP contribution < -0.4 is 9.47 Å². The van der Waals surface area contributed by atoms with Crippen LogP contribution in [0.5, 0.6) is 11.5 Å². The third-order valence-corrected chi connectivity index (χ3v) is 7.88. The van der Waals surface area contributed by atoms with Crippen LogP contribution in [0, 0.1) is 11.8 Å². The molecular formula is C26H35NO5. The zero-order valence-corrected chi connectivity index (χ0v) is 19.6. The molecule has 1 aromatic carbocycles. The lowest BCUT2D eigenvalue weighted by Crippen LogP contribution is -2.56. The standard InChI is InChI=1S/C26H35NO5/c1-5-25(29,14-16(2)3)24(28)32-23-17(4)11-20-19-13-22-21(30-15-31-22)12-18(19)7-10-27-9-6-8-26(20,23)27/h11-13,16-17,23,29H,5-10,14-15H2,1-4H3/t17-,23?,25-,26+/m0/s1. The Morgan fingerprint density at radius 3 is 2.78 bits per heavy atom. The Balaban J connectivity index is 1.53. The van der Waals surface area contributed by atoms with E-state index >= 15 is 0 Å². The lowest BCUT2D eigenvalue weighted by atomic mass is 9.81. The summed E-state index contributed by atoms with van der Waals surface area (Å²) in [5.74, 6) is 1.40. The van der Waals surface area contributed by atoms with Crippen LogP contribution >= 0.6 is 0 Å². The normalized spacial score (nSPS) is 30.2. The van der Waals surface area contributed by atoms with E-state index in [0.29, 0.717) is 12.8 Å². The highest BCUT2D eigenvalue weighted by atomic mass is 16.7. The summed E-state index contributed by atoms with van der Waals surface area (Å²) in [5, 5.41) is 11.1. The Kier molecular flexibility index (Phi) is 5.29. The van der Waals surface area contributed by atoms with Gasteiger partial charge in [-0.3, -0.25) is 4.90 Å². The quantitative estimate of drug-likeness (QED) is 0.698. The van der Waals surface area contributed by atoms with E-state index in [-0.39, 0.29) is 30.3 Å². The summed E-state index contributed by atoms with van der Waals surface area (Å²) < 4.78 is 17.6. The number of esters is 1. The molecule has 1 aromatic rings. The first-order valence-electron chi connectivity index (χ1n) is 12.1. The average Bonchev–Trinajstić information content (AvgIpc) is 3.43. The van der Waals surface area contributed by atoms with Crippen LogP contribution in [0.15, 0.2) is 18.2 Å². The van der Waals surface area contributed by atoms with Gasteiger partial charge in [-0.25, -0.2) is 4.79 Å². The van der Waals surface area contributed by atoms with Crippen molar-refractivity contribution >= 4 is 11.5 Å². The van der Waals surface area contributed by atoms with E-state index < -0.39 is 11.6 Å². The Morgan fingerprint density at radius 2 is 2.06 bits per heavy atom. The van der Waals surface area contributed by atoms with Gasteiger partial charge in [0.05, 0.1) is 5.54 Å². The maximum Gasteiger partial charge on any atom is 0.338 e. The summed E-state index contributed by atoms with van der Waals surface area (Å²) in [6, 6.07) is 4.24. The number of nitrogens with zero attached hydrogens (tertiary/aromatic N) is 1. The predicted octanol–water partition coefficient (Wildman–Crippen LogP) is 3.94. The molecule has 6 heteroatoms. The molecule has 1 fully saturated rings. The fourth-order valence-corrected chi connectivity index (χ4v) is 6.42. The third-order valence-electron chi connectivity index (χ3n) is 7.88. The number of carbonyl (C=O) groups is 1. The van der Waals surface area contributed by atoms with E-state index in [9.17, 15) is 9.90 Å². The molecule has 174 valence electrons. The summed E-state index contributed by atoms with van der Waals surface area (Å²) >= 11 is 0. The topological polar surface area (TPSA) is 68.2 Å². The summed E-state index contributed by atoms with van der Waals surface area (Å²) in [7, 11) is 0. The van der Waals surface area contributed by atoms with Crippen molar-refractivity contribution in [1.82, 2.24) is 4.90 Å². The first-order valence-corrected chi connectivity index (χ1v) is 12.1. The van der Waals surface area contributed by atoms with Crippen LogP contribution in [-0.2, 0) is 16.0 Å². The summed E-state index contributed by atoms with van der Waals surface area (Å²) in [6.07, 6.45) is 5.68. The second-order valence-corrected chi connectivity index (χ2v) is 10.4. The highest BCUT2D eigenvalue weighted by Crippen LogP contribution is 2.55. The molecule has 0 bridgehead atoms. The van der Waals surface area contributed by atoms with Crippen molar-refractivity contribution < 1.29 is 24.1 Å². The minimum atomic E-state index is -1.44. The highest BCUT2D eigenvalue weighted by Gasteiger charge is 2.58. The molecule has 32 heavy (non-hydrogen) atoms. The summed E-state index contributed by atoms with van der Waals surface area (Å²) in [5.41, 5.74) is 1.91. The molecule has 5 rings (SSSR count). The second-order valence-electron chi connectivity index (χ2n) is 10.4. The van der Waals surface area contributed by atoms with Crippen LogP contribution in [-0.4, -0.2) is 53.1 Å². The van der Waals surface area contributed by atoms with E-state index in [1.54, 1.807) is 0 Å². The van der Waals surface area contributed by atoms with Crippen molar-refractivity contribution in [3.63, 3.8) is 0 Å². The molecule has 3 aliphatic heterocycles. The zero-order chi connectivity index (χ0) is 22.7. The average molecular weight is 442 g/mol. The van der Waals surface area contributed by atoms with E-state index in [0.717, 1.165) is 43.9 Å². The Bertz CT molecular complexity index is 956. The number of carbonyl (C=O) groups excluding carboxylic acids is 1. The molecule has 3 heterocycles. The first-order chi connectivity index (χ1) is 15.3. The summed E-state index contributed by atoms with van der Waals surface area (Å²) in [4.78, 5) is 15.8. The SMILES string of the molecule is CC[C@](O)(CC(C)C)C(=O)OC1[C@@H](C)C=C2c3cc4c(cc3CCN3CCC[C@@]213)OCO4. The molecule has 0 saturated carbocycles. The van der Waals surface area contributed by atoms with E-state index in [1.165, 1.54) is 16.7 Å². The van der Waals surface area contributed by atoms with Crippen LogP contribution in [0.2, 0.25) is 0 Å². The second kappa shape index (κ2) is 7.77. The minimum absolute atomic E-state index is 0.0612. The Hall–Kier alpha value is -2.05. The number of ether oxygens (including phenoxy) is 3. The molecule has 1 aliphatic carbocycles. The maximum absolute atomic E-state index is 13.3. The monoisotopic (exact) mass is 441 g/mol. The predicted molar refractivity (Wildman–Crippen MR) is 122 cm³/mol. The molecule has 4 aliphatic rings. The highest BCUT2D eigenvalue weighted by molar-refractivity contribution is 5.84. The molecule has 0 amide bonds. The van der Waals surface area contributed by atoms with Gasteiger partial charge in [-0.1, -0.05) is 33.8 Å². The number of rotatable bonds is 5. The van der Waals surface area contributed by atoms with Crippen LogP contribution in [0.4, 0.5) is 0 Å². The maximum atomic E-state index is 13.3. The van der Waals surface area contributed by atoms with Gasteiger partial charge in [0.15, 0.2) is 17.1 Å². The van der Waals surface area contributed by atoms with Crippen molar-refractivity contribution in [2.24, 2.45) is 11.8 Å². The number of benzene rings is 1.